The van der Waals surface area contributed by atoms with Gasteiger partial charge in [0.05, 0.1) is 18.8 Å². The van der Waals surface area contributed by atoms with Gasteiger partial charge < -0.3 is 9.84 Å². The average molecular weight is 319 g/mol. The molecule has 0 heterocycles. The summed E-state index contributed by atoms with van der Waals surface area (Å²) in [5.74, 6) is 0. The number of hydrogen-bond acceptors (Lipinski definition) is 3. The molecule has 0 saturated heterocycles. The molecule has 2 rings (SSSR count). The van der Waals surface area contributed by atoms with Crippen molar-refractivity contribution < 1.29 is 9.84 Å². The summed E-state index contributed by atoms with van der Waals surface area (Å²) in [6.07, 6.45) is 7.20. The van der Waals surface area contributed by atoms with Crippen LogP contribution in [0.4, 0.5) is 0 Å². The van der Waals surface area contributed by atoms with Gasteiger partial charge in [-0.2, -0.15) is 0 Å². The van der Waals surface area contributed by atoms with E-state index in [4.69, 9.17) is 4.74 Å². The Labute approximate surface area is 141 Å². The van der Waals surface area contributed by atoms with E-state index in [2.05, 4.69) is 30.9 Å². The topological polar surface area (TPSA) is 32.7 Å². The fourth-order valence-electron chi connectivity index (χ4n) is 3.65. The Hall–Kier alpha value is -0.900. The van der Waals surface area contributed by atoms with Gasteiger partial charge in [-0.25, -0.2) is 0 Å². The number of rotatable bonds is 9. The molecule has 1 N–H and O–H groups in total. The number of aliphatic hydroxyl groups excluding tert-OH is 1. The zero-order valence-electron chi connectivity index (χ0n) is 14.8. The van der Waals surface area contributed by atoms with Crippen LogP contribution in [0.5, 0.6) is 0 Å². The van der Waals surface area contributed by atoms with E-state index in [1.807, 2.05) is 18.2 Å². The molecule has 1 aromatic rings. The standard InChI is InChI=1S/C20H33NO2/c1-3-20(17-11-7-5-8-12-17)23-16-19(22)15-21(4-2)18-13-9-6-10-14-18/h5,7-8,11-12,18-20,22H,3-4,6,9-10,13-16H2,1-2H3/t19-,20-/m0/s1. The van der Waals surface area contributed by atoms with Gasteiger partial charge in [-0.15, -0.1) is 0 Å². The molecule has 3 heteroatoms. The number of nitrogens with zero attached hydrogens (tertiary/aromatic N) is 1. The maximum absolute atomic E-state index is 10.4. The highest BCUT2D eigenvalue weighted by Crippen LogP contribution is 2.23. The Morgan fingerprint density at radius 3 is 2.43 bits per heavy atom. The summed E-state index contributed by atoms with van der Waals surface area (Å²) >= 11 is 0. The molecule has 3 nitrogen and oxygen atoms in total. The molecule has 1 saturated carbocycles. The Kier molecular flexibility index (Phi) is 8.07. The minimum Gasteiger partial charge on any atom is -0.389 e. The summed E-state index contributed by atoms with van der Waals surface area (Å²) in [7, 11) is 0. The number of ether oxygens (including phenoxy) is 1. The van der Waals surface area contributed by atoms with Crippen LogP contribution >= 0.6 is 0 Å². The van der Waals surface area contributed by atoms with Crippen LogP contribution in [-0.4, -0.2) is 41.8 Å². The quantitative estimate of drug-likeness (QED) is 0.741. The van der Waals surface area contributed by atoms with E-state index >= 15 is 0 Å². The van der Waals surface area contributed by atoms with Crippen LogP contribution in [-0.2, 0) is 4.74 Å². The van der Waals surface area contributed by atoms with Crippen molar-refractivity contribution in [3.63, 3.8) is 0 Å². The Balaban J connectivity index is 1.79. The van der Waals surface area contributed by atoms with E-state index in [0.717, 1.165) is 19.5 Å². The van der Waals surface area contributed by atoms with Crippen molar-refractivity contribution >= 4 is 0 Å². The summed E-state index contributed by atoms with van der Waals surface area (Å²) in [5.41, 5.74) is 1.20. The lowest BCUT2D eigenvalue weighted by Crippen LogP contribution is -2.42. The lowest BCUT2D eigenvalue weighted by molar-refractivity contribution is -0.0294. The molecule has 0 radical (unpaired) electrons. The Morgan fingerprint density at radius 2 is 1.83 bits per heavy atom. The lowest BCUT2D eigenvalue weighted by Gasteiger charge is -2.35. The van der Waals surface area contributed by atoms with Crippen molar-refractivity contribution in [2.75, 3.05) is 19.7 Å². The molecule has 23 heavy (non-hydrogen) atoms. The Morgan fingerprint density at radius 1 is 1.13 bits per heavy atom. The van der Waals surface area contributed by atoms with Crippen molar-refractivity contribution in [3.8, 4) is 0 Å². The highest BCUT2D eigenvalue weighted by atomic mass is 16.5. The number of benzene rings is 1. The summed E-state index contributed by atoms with van der Waals surface area (Å²) in [6, 6.07) is 11.0. The smallest absolute Gasteiger partial charge is 0.0900 e. The van der Waals surface area contributed by atoms with Crippen LogP contribution < -0.4 is 0 Å². The fraction of sp³-hybridized carbons (Fsp3) is 0.700. The predicted octanol–water partition coefficient (Wildman–Crippen LogP) is 4.17. The molecule has 0 spiro atoms. The van der Waals surface area contributed by atoms with Gasteiger partial charge in [-0.1, -0.05) is 63.4 Å². The van der Waals surface area contributed by atoms with E-state index in [1.54, 1.807) is 0 Å². The van der Waals surface area contributed by atoms with Gasteiger partial charge in [0.25, 0.3) is 0 Å². The zero-order valence-corrected chi connectivity index (χ0v) is 14.8. The van der Waals surface area contributed by atoms with Crippen LogP contribution in [0.15, 0.2) is 30.3 Å². The van der Waals surface area contributed by atoms with Gasteiger partial charge in [0.15, 0.2) is 0 Å². The predicted molar refractivity (Wildman–Crippen MR) is 95.6 cm³/mol. The summed E-state index contributed by atoms with van der Waals surface area (Å²) in [4.78, 5) is 2.44. The van der Waals surface area contributed by atoms with Crippen molar-refractivity contribution in [3.05, 3.63) is 35.9 Å². The molecule has 130 valence electrons. The van der Waals surface area contributed by atoms with Crippen LogP contribution in [0.25, 0.3) is 0 Å². The second-order valence-electron chi connectivity index (χ2n) is 6.67. The van der Waals surface area contributed by atoms with Crippen molar-refractivity contribution in [2.45, 2.75) is 70.6 Å². The highest BCUT2D eigenvalue weighted by molar-refractivity contribution is 5.17. The normalized spacial score (nSPS) is 19.0. The summed E-state index contributed by atoms with van der Waals surface area (Å²) < 4.78 is 6.00. The third kappa shape index (κ3) is 5.91. The molecule has 1 fully saturated rings. The van der Waals surface area contributed by atoms with E-state index in [0.29, 0.717) is 12.6 Å². The SMILES string of the molecule is CC[C@H](OC[C@@H](O)CN(CC)C1CCCCC1)c1ccccc1. The minimum atomic E-state index is -0.408. The Bertz CT molecular complexity index is 417. The molecule has 1 aliphatic rings. The second kappa shape index (κ2) is 10.1. The largest absolute Gasteiger partial charge is 0.389 e. The molecule has 2 atom stereocenters. The van der Waals surface area contributed by atoms with Crippen molar-refractivity contribution in [1.82, 2.24) is 4.90 Å². The maximum atomic E-state index is 10.4. The highest BCUT2D eigenvalue weighted by Gasteiger charge is 2.22. The van der Waals surface area contributed by atoms with E-state index in [-0.39, 0.29) is 6.10 Å². The van der Waals surface area contributed by atoms with Gasteiger partial charge in [0.1, 0.15) is 0 Å². The first-order valence-corrected chi connectivity index (χ1v) is 9.33. The molecule has 1 aromatic carbocycles. The van der Waals surface area contributed by atoms with Crippen LogP contribution in [0, 0.1) is 0 Å². The first-order valence-electron chi connectivity index (χ1n) is 9.33. The number of likely N-dealkylation sites (N-methyl/N-ethyl adjacent to an activating group) is 1. The van der Waals surface area contributed by atoms with Gasteiger partial charge in [-0.3, -0.25) is 4.90 Å². The van der Waals surface area contributed by atoms with Crippen LogP contribution in [0.2, 0.25) is 0 Å². The first-order chi connectivity index (χ1) is 11.2. The molecule has 0 unspecified atom stereocenters. The molecule has 0 aromatic heterocycles. The molecular formula is C20H33NO2. The minimum absolute atomic E-state index is 0.0793. The van der Waals surface area contributed by atoms with Gasteiger partial charge in [-0.05, 0) is 31.4 Å². The van der Waals surface area contributed by atoms with E-state index in [9.17, 15) is 5.11 Å². The van der Waals surface area contributed by atoms with E-state index in [1.165, 1.54) is 37.7 Å². The summed E-state index contributed by atoms with van der Waals surface area (Å²) in [5, 5.41) is 10.4. The summed E-state index contributed by atoms with van der Waals surface area (Å²) in [6.45, 7) is 6.48. The first kappa shape index (κ1) is 18.4. The molecule has 0 aliphatic heterocycles. The molecule has 0 bridgehead atoms. The van der Waals surface area contributed by atoms with Crippen molar-refractivity contribution in [1.29, 1.82) is 0 Å². The number of aliphatic hydroxyl groups is 1. The van der Waals surface area contributed by atoms with Gasteiger partial charge in [0.2, 0.25) is 0 Å². The van der Waals surface area contributed by atoms with Gasteiger partial charge in [0, 0.05) is 12.6 Å². The van der Waals surface area contributed by atoms with Crippen LogP contribution in [0.3, 0.4) is 0 Å². The van der Waals surface area contributed by atoms with Crippen LogP contribution in [0.1, 0.15) is 64.0 Å². The molecular weight excluding hydrogens is 286 g/mol. The zero-order chi connectivity index (χ0) is 16.5. The third-order valence-electron chi connectivity index (χ3n) is 4.97. The number of hydrogen-bond donors (Lipinski definition) is 1. The van der Waals surface area contributed by atoms with Crippen molar-refractivity contribution in [2.24, 2.45) is 0 Å². The van der Waals surface area contributed by atoms with E-state index < -0.39 is 6.10 Å². The molecule has 1 aliphatic carbocycles. The maximum Gasteiger partial charge on any atom is 0.0900 e. The average Bonchev–Trinajstić information content (AvgIpc) is 2.62. The van der Waals surface area contributed by atoms with Gasteiger partial charge >= 0.3 is 0 Å². The monoisotopic (exact) mass is 319 g/mol. The second-order valence-corrected chi connectivity index (χ2v) is 6.67. The lowest BCUT2D eigenvalue weighted by atomic mass is 9.94. The fourth-order valence-corrected chi connectivity index (χ4v) is 3.65. The third-order valence-corrected chi connectivity index (χ3v) is 4.97. The molecule has 0 amide bonds.